The van der Waals surface area contributed by atoms with Crippen LogP contribution in [-0.4, -0.2) is 13.1 Å². The minimum absolute atomic E-state index is 0.297. The molecule has 0 atom stereocenters. The standard InChI is InChI=1S/C18H20O2/c1-20-18(19)14-13-17-10-6-5-9-16(17)12-11-15-7-3-2-4-8-15/h2-4,7-8,11-14H,5-6,9-10H2,1H3/b12-11+,14-13+. The van der Waals surface area contributed by atoms with Crippen LogP contribution in [0.3, 0.4) is 0 Å². The summed E-state index contributed by atoms with van der Waals surface area (Å²) in [6.45, 7) is 0. The second-order valence-electron chi connectivity index (χ2n) is 4.86. The minimum Gasteiger partial charge on any atom is -0.466 e. The van der Waals surface area contributed by atoms with Gasteiger partial charge in [-0.25, -0.2) is 4.79 Å². The van der Waals surface area contributed by atoms with Gasteiger partial charge >= 0.3 is 5.97 Å². The molecule has 1 aromatic carbocycles. The zero-order chi connectivity index (χ0) is 14.2. The molecule has 0 saturated carbocycles. The zero-order valence-electron chi connectivity index (χ0n) is 11.8. The molecule has 0 aromatic heterocycles. The second-order valence-corrected chi connectivity index (χ2v) is 4.86. The van der Waals surface area contributed by atoms with Crippen molar-refractivity contribution in [3.63, 3.8) is 0 Å². The number of esters is 1. The van der Waals surface area contributed by atoms with Crippen LogP contribution >= 0.6 is 0 Å². The zero-order valence-corrected chi connectivity index (χ0v) is 11.8. The number of carbonyl (C=O) groups excluding carboxylic acids is 1. The van der Waals surface area contributed by atoms with Gasteiger partial charge in [-0.3, -0.25) is 0 Å². The van der Waals surface area contributed by atoms with E-state index in [0.29, 0.717) is 0 Å². The Morgan fingerprint density at radius 2 is 1.65 bits per heavy atom. The molecule has 1 aliphatic rings. The summed E-state index contributed by atoms with van der Waals surface area (Å²) in [6.07, 6.45) is 12.2. The first-order chi connectivity index (χ1) is 9.79. The molecule has 0 spiro atoms. The van der Waals surface area contributed by atoms with Crippen LogP contribution in [-0.2, 0) is 9.53 Å². The van der Waals surface area contributed by atoms with E-state index in [2.05, 4.69) is 29.0 Å². The number of carbonyl (C=O) groups is 1. The molecular weight excluding hydrogens is 248 g/mol. The molecule has 104 valence electrons. The van der Waals surface area contributed by atoms with Gasteiger partial charge in [-0.05, 0) is 42.4 Å². The van der Waals surface area contributed by atoms with Gasteiger partial charge in [0.1, 0.15) is 0 Å². The van der Waals surface area contributed by atoms with Gasteiger partial charge in [-0.15, -0.1) is 0 Å². The third-order valence-electron chi connectivity index (χ3n) is 3.45. The molecule has 0 heterocycles. The Kier molecular flexibility index (Phi) is 5.36. The van der Waals surface area contributed by atoms with Gasteiger partial charge < -0.3 is 4.74 Å². The molecule has 0 unspecified atom stereocenters. The highest BCUT2D eigenvalue weighted by atomic mass is 16.5. The van der Waals surface area contributed by atoms with Gasteiger partial charge in [-0.1, -0.05) is 48.6 Å². The average molecular weight is 268 g/mol. The highest BCUT2D eigenvalue weighted by Gasteiger charge is 2.08. The number of rotatable bonds is 4. The van der Waals surface area contributed by atoms with Crippen LogP contribution in [0.25, 0.3) is 6.08 Å². The van der Waals surface area contributed by atoms with Gasteiger partial charge in [0.05, 0.1) is 7.11 Å². The first-order valence-corrected chi connectivity index (χ1v) is 7.01. The van der Waals surface area contributed by atoms with Crippen LogP contribution < -0.4 is 0 Å². The van der Waals surface area contributed by atoms with E-state index in [1.165, 1.54) is 42.7 Å². The first-order valence-electron chi connectivity index (χ1n) is 7.01. The number of hydrogen-bond acceptors (Lipinski definition) is 2. The quantitative estimate of drug-likeness (QED) is 0.601. The van der Waals surface area contributed by atoms with Gasteiger partial charge in [-0.2, -0.15) is 0 Å². The van der Waals surface area contributed by atoms with E-state index < -0.39 is 0 Å². The Balaban J connectivity index is 2.16. The smallest absolute Gasteiger partial charge is 0.330 e. The fraction of sp³-hybridized carbons (Fsp3) is 0.278. The van der Waals surface area contributed by atoms with Crippen molar-refractivity contribution in [2.45, 2.75) is 25.7 Å². The van der Waals surface area contributed by atoms with Crippen LogP contribution in [0, 0.1) is 0 Å². The third-order valence-corrected chi connectivity index (χ3v) is 3.45. The molecule has 0 saturated heterocycles. The molecule has 0 N–H and O–H groups in total. The Labute approximate surface area is 120 Å². The molecule has 1 aromatic rings. The maximum Gasteiger partial charge on any atom is 0.330 e. The van der Waals surface area contributed by atoms with E-state index in [0.717, 1.165) is 12.8 Å². The fourth-order valence-corrected chi connectivity index (χ4v) is 2.33. The Bertz CT molecular complexity index is 536. The normalized spacial score (nSPS) is 16.1. The maximum absolute atomic E-state index is 11.2. The number of benzene rings is 1. The van der Waals surface area contributed by atoms with E-state index in [-0.39, 0.29) is 5.97 Å². The summed E-state index contributed by atoms with van der Waals surface area (Å²) in [5.41, 5.74) is 3.76. The van der Waals surface area contributed by atoms with E-state index in [9.17, 15) is 4.79 Å². The lowest BCUT2D eigenvalue weighted by atomic mass is 9.91. The second kappa shape index (κ2) is 7.49. The number of hydrogen-bond donors (Lipinski definition) is 0. The molecule has 0 fully saturated rings. The molecule has 0 bridgehead atoms. The van der Waals surface area contributed by atoms with Crippen LogP contribution in [0.15, 0.2) is 59.7 Å². The van der Waals surface area contributed by atoms with Crippen molar-refractivity contribution in [2.24, 2.45) is 0 Å². The van der Waals surface area contributed by atoms with Crippen LogP contribution in [0.2, 0.25) is 0 Å². The van der Waals surface area contributed by atoms with Crippen molar-refractivity contribution in [1.82, 2.24) is 0 Å². The van der Waals surface area contributed by atoms with Crippen LogP contribution in [0.1, 0.15) is 31.2 Å². The molecule has 0 amide bonds. The van der Waals surface area contributed by atoms with E-state index >= 15 is 0 Å². The van der Waals surface area contributed by atoms with Gasteiger partial charge in [0, 0.05) is 6.08 Å². The van der Waals surface area contributed by atoms with E-state index in [4.69, 9.17) is 0 Å². The summed E-state index contributed by atoms with van der Waals surface area (Å²) in [4.78, 5) is 11.2. The molecule has 1 aliphatic carbocycles. The summed E-state index contributed by atoms with van der Waals surface area (Å²) in [5.74, 6) is -0.297. The molecular formula is C18H20O2. The largest absolute Gasteiger partial charge is 0.466 e. The lowest BCUT2D eigenvalue weighted by Gasteiger charge is -2.15. The lowest BCUT2D eigenvalue weighted by molar-refractivity contribution is -0.134. The third kappa shape index (κ3) is 4.23. The predicted octanol–water partition coefficient (Wildman–Crippen LogP) is 4.30. The Hall–Kier alpha value is -2.09. The highest BCUT2D eigenvalue weighted by Crippen LogP contribution is 2.27. The molecule has 0 radical (unpaired) electrons. The van der Waals surface area contributed by atoms with Crippen LogP contribution in [0.4, 0.5) is 0 Å². The summed E-state index contributed by atoms with van der Waals surface area (Å²) < 4.78 is 4.64. The van der Waals surface area contributed by atoms with Gasteiger partial charge in [0.15, 0.2) is 0 Å². The van der Waals surface area contributed by atoms with E-state index in [1.807, 2.05) is 24.3 Å². The summed E-state index contributed by atoms with van der Waals surface area (Å²) in [5, 5.41) is 0. The van der Waals surface area contributed by atoms with Crippen molar-refractivity contribution >= 4 is 12.0 Å². The fourth-order valence-electron chi connectivity index (χ4n) is 2.33. The maximum atomic E-state index is 11.2. The van der Waals surface area contributed by atoms with Crippen molar-refractivity contribution in [2.75, 3.05) is 7.11 Å². The molecule has 20 heavy (non-hydrogen) atoms. The lowest BCUT2D eigenvalue weighted by Crippen LogP contribution is -1.98. The highest BCUT2D eigenvalue weighted by molar-refractivity contribution is 5.82. The van der Waals surface area contributed by atoms with Crippen LogP contribution in [0.5, 0.6) is 0 Å². The molecule has 2 nitrogen and oxygen atoms in total. The van der Waals surface area contributed by atoms with Crippen molar-refractivity contribution < 1.29 is 9.53 Å². The Morgan fingerprint density at radius 1 is 1.00 bits per heavy atom. The van der Waals surface area contributed by atoms with Gasteiger partial charge in [0.25, 0.3) is 0 Å². The topological polar surface area (TPSA) is 26.3 Å². The van der Waals surface area contributed by atoms with Crippen molar-refractivity contribution in [3.8, 4) is 0 Å². The number of methoxy groups -OCH3 is 1. The summed E-state index contributed by atoms with van der Waals surface area (Å²) in [7, 11) is 1.40. The van der Waals surface area contributed by atoms with E-state index in [1.54, 1.807) is 0 Å². The number of allylic oxidation sites excluding steroid dienone is 4. The molecule has 2 heteroatoms. The first kappa shape index (κ1) is 14.3. The molecule has 0 aliphatic heterocycles. The van der Waals surface area contributed by atoms with Gasteiger partial charge in [0.2, 0.25) is 0 Å². The average Bonchev–Trinajstić information content (AvgIpc) is 2.52. The summed E-state index contributed by atoms with van der Waals surface area (Å²) >= 11 is 0. The van der Waals surface area contributed by atoms with Crippen molar-refractivity contribution in [3.05, 3.63) is 65.3 Å². The SMILES string of the molecule is COC(=O)/C=C/C1=C(/C=C/c2ccccc2)CCCC1. The molecule has 2 rings (SSSR count). The minimum atomic E-state index is -0.297. The summed E-state index contributed by atoms with van der Waals surface area (Å²) in [6, 6.07) is 10.3. The predicted molar refractivity (Wildman–Crippen MR) is 82.1 cm³/mol. The monoisotopic (exact) mass is 268 g/mol. The Morgan fingerprint density at radius 3 is 2.30 bits per heavy atom. The number of ether oxygens (including phenoxy) is 1. The van der Waals surface area contributed by atoms with Crippen molar-refractivity contribution in [1.29, 1.82) is 0 Å².